The van der Waals surface area contributed by atoms with Crippen LogP contribution >= 0.6 is 0 Å². The molecule has 0 N–H and O–H groups in total. The Balaban J connectivity index is 2.21. The molecule has 0 saturated carbocycles. The molecule has 1 atom stereocenters. The van der Waals surface area contributed by atoms with Crippen molar-refractivity contribution in [1.82, 2.24) is 9.80 Å². The van der Waals surface area contributed by atoms with Gasteiger partial charge in [-0.2, -0.15) is 0 Å². The van der Waals surface area contributed by atoms with Crippen molar-refractivity contribution in [1.29, 1.82) is 0 Å². The van der Waals surface area contributed by atoms with Crippen LogP contribution in [-0.4, -0.2) is 43.5 Å². The van der Waals surface area contributed by atoms with Gasteiger partial charge in [-0.25, -0.2) is 4.39 Å². The average Bonchev–Trinajstić information content (AvgIpc) is 2.38. The van der Waals surface area contributed by atoms with Gasteiger partial charge in [-0.1, -0.05) is 24.6 Å². The van der Waals surface area contributed by atoms with E-state index >= 15 is 0 Å². The van der Waals surface area contributed by atoms with Crippen LogP contribution in [0.3, 0.4) is 0 Å². The molecule has 0 aliphatic carbocycles. The maximum Gasteiger partial charge on any atom is 0.128 e. The number of piperidine rings is 1. The highest BCUT2D eigenvalue weighted by molar-refractivity contribution is 5.22. The fraction of sp³-hybridized carbons (Fsp3) is 0.600. The molecular weight excluding hydrogens is 227 g/mol. The van der Waals surface area contributed by atoms with Crippen LogP contribution in [0.25, 0.3) is 0 Å². The first-order chi connectivity index (χ1) is 8.68. The molecule has 0 radical (unpaired) electrons. The Morgan fingerprint density at radius 3 is 2.44 bits per heavy atom. The molecule has 1 heterocycles. The molecule has 1 aromatic carbocycles. The molecule has 0 amide bonds. The SMILES string of the molecule is CN(C)CC(c1ccccc1F)N1CCCCC1. The molecule has 1 aromatic rings. The highest BCUT2D eigenvalue weighted by Crippen LogP contribution is 2.26. The fourth-order valence-corrected chi connectivity index (χ4v) is 2.73. The predicted molar refractivity (Wildman–Crippen MR) is 73.1 cm³/mol. The summed E-state index contributed by atoms with van der Waals surface area (Å²) < 4.78 is 14.0. The summed E-state index contributed by atoms with van der Waals surface area (Å²) in [5.74, 6) is -0.0741. The molecule has 18 heavy (non-hydrogen) atoms. The third-order valence-corrected chi connectivity index (χ3v) is 3.63. The number of benzene rings is 1. The number of hydrogen-bond acceptors (Lipinski definition) is 2. The lowest BCUT2D eigenvalue weighted by molar-refractivity contribution is 0.134. The van der Waals surface area contributed by atoms with Crippen molar-refractivity contribution in [2.75, 3.05) is 33.7 Å². The third kappa shape index (κ3) is 3.30. The average molecular weight is 250 g/mol. The van der Waals surface area contributed by atoms with E-state index in [1.807, 2.05) is 12.1 Å². The zero-order chi connectivity index (χ0) is 13.0. The Morgan fingerprint density at radius 2 is 1.83 bits per heavy atom. The van der Waals surface area contributed by atoms with Crippen LogP contribution < -0.4 is 0 Å². The van der Waals surface area contributed by atoms with Gasteiger partial charge in [0.05, 0.1) is 6.04 Å². The van der Waals surface area contributed by atoms with E-state index in [4.69, 9.17) is 0 Å². The van der Waals surface area contributed by atoms with E-state index in [1.165, 1.54) is 19.3 Å². The summed E-state index contributed by atoms with van der Waals surface area (Å²) in [7, 11) is 4.11. The molecule has 3 heteroatoms. The maximum absolute atomic E-state index is 14.0. The van der Waals surface area contributed by atoms with Crippen molar-refractivity contribution in [3.8, 4) is 0 Å². The van der Waals surface area contributed by atoms with Crippen molar-refractivity contribution in [2.45, 2.75) is 25.3 Å². The Hall–Kier alpha value is -0.930. The lowest BCUT2D eigenvalue weighted by Gasteiger charge is -2.36. The summed E-state index contributed by atoms with van der Waals surface area (Å²) in [5.41, 5.74) is 0.841. The first-order valence-corrected chi connectivity index (χ1v) is 6.81. The molecule has 2 rings (SSSR count). The predicted octanol–water partition coefficient (Wildman–Crippen LogP) is 2.91. The van der Waals surface area contributed by atoms with Gasteiger partial charge in [-0.05, 0) is 46.1 Å². The first kappa shape index (κ1) is 13.5. The summed E-state index contributed by atoms with van der Waals surface area (Å²) in [6.07, 6.45) is 3.78. The van der Waals surface area contributed by atoms with Crippen LogP contribution in [-0.2, 0) is 0 Å². The molecule has 0 bridgehead atoms. The number of halogens is 1. The molecule has 100 valence electrons. The zero-order valence-corrected chi connectivity index (χ0v) is 11.4. The van der Waals surface area contributed by atoms with E-state index < -0.39 is 0 Å². The van der Waals surface area contributed by atoms with Gasteiger partial charge >= 0.3 is 0 Å². The van der Waals surface area contributed by atoms with E-state index in [1.54, 1.807) is 12.1 Å². The summed E-state index contributed by atoms with van der Waals surface area (Å²) in [5, 5.41) is 0. The molecule has 0 aromatic heterocycles. The second-order valence-corrected chi connectivity index (χ2v) is 5.40. The highest BCUT2D eigenvalue weighted by atomic mass is 19.1. The molecular formula is C15H23FN2. The van der Waals surface area contributed by atoms with Crippen molar-refractivity contribution in [3.63, 3.8) is 0 Å². The maximum atomic E-state index is 14.0. The number of nitrogens with zero attached hydrogens (tertiary/aromatic N) is 2. The van der Waals surface area contributed by atoms with E-state index in [-0.39, 0.29) is 11.9 Å². The van der Waals surface area contributed by atoms with Crippen molar-refractivity contribution in [3.05, 3.63) is 35.6 Å². The highest BCUT2D eigenvalue weighted by Gasteiger charge is 2.24. The third-order valence-electron chi connectivity index (χ3n) is 3.63. The van der Waals surface area contributed by atoms with Gasteiger partial charge < -0.3 is 4.90 Å². The van der Waals surface area contributed by atoms with Crippen molar-refractivity contribution in [2.24, 2.45) is 0 Å². The standard InChI is InChI=1S/C15H23FN2/c1-17(2)12-15(18-10-6-3-7-11-18)13-8-4-5-9-14(13)16/h4-5,8-9,15H,3,6-7,10-12H2,1-2H3. The Labute approximate surface area is 109 Å². The largest absolute Gasteiger partial charge is 0.307 e. The lowest BCUT2D eigenvalue weighted by atomic mass is 10.0. The van der Waals surface area contributed by atoms with Gasteiger partial charge in [0.25, 0.3) is 0 Å². The number of rotatable bonds is 4. The molecule has 1 unspecified atom stereocenters. The van der Waals surface area contributed by atoms with E-state index in [9.17, 15) is 4.39 Å². The fourth-order valence-electron chi connectivity index (χ4n) is 2.73. The smallest absolute Gasteiger partial charge is 0.128 e. The number of likely N-dealkylation sites (tertiary alicyclic amines) is 1. The van der Waals surface area contributed by atoms with E-state index in [0.717, 1.165) is 25.2 Å². The summed E-state index contributed by atoms with van der Waals surface area (Å²) >= 11 is 0. The molecule has 1 aliphatic heterocycles. The van der Waals surface area contributed by atoms with Crippen LogP contribution in [0.15, 0.2) is 24.3 Å². The van der Waals surface area contributed by atoms with Gasteiger partial charge in [0.2, 0.25) is 0 Å². The molecule has 1 fully saturated rings. The van der Waals surface area contributed by atoms with E-state index in [0.29, 0.717) is 0 Å². The summed E-state index contributed by atoms with van der Waals surface area (Å²) in [6, 6.07) is 7.38. The van der Waals surface area contributed by atoms with Crippen LogP contribution in [0.5, 0.6) is 0 Å². The minimum atomic E-state index is -0.0741. The molecule has 2 nitrogen and oxygen atoms in total. The second-order valence-electron chi connectivity index (χ2n) is 5.40. The minimum absolute atomic E-state index is 0.0741. The van der Waals surface area contributed by atoms with Gasteiger partial charge in [0.1, 0.15) is 5.82 Å². The molecule has 1 aliphatic rings. The second kappa shape index (κ2) is 6.30. The van der Waals surface area contributed by atoms with Crippen molar-refractivity contribution < 1.29 is 4.39 Å². The molecule has 1 saturated heterocycles. The quantitative estimate of drug-likeness (QED) is 0.810. The van der Waals surface area contributed by atoms with Gasteiger partial charge in [0, 0.05) is 12.1 Å². The normalized spacial score (nSPS) is 19.1. The van der Waals surface area contributed by atoms with Gasteiger partial charge in [-0.15, -0.1) is 0 Å². The lowest BCUT2D eigenvalue weighted by Crippen LogP contribution is -2.39. The summed E-state index contributed by atoms with van der Waals surface area (Å²) in [4.78, 5) is 4.58. The monoisotopic (exact) mass is 250 g/mol. The van der Waals surface area contributed by atoms with Crippen LogP contribution in [0.1, 0.15) is 30.9 Å². The minimum Gasteiger partial charge on any atom is -0.307 e. The zero-order valence-electron chi connectivity index (χ0n) is 11.4. The van der Waals surface area contributed by atoms with Crippen LogP contribution in [0.4, 0.5) is 4.39 Å². The Bertz CT molecular complexity index is 373. The van der Waals surface area contributed by atoms with Gasteiger partial charge in [0.15, 0.2) is 0 Å². The Kier molecular flexibility index (Phi) is 4.72. The summed E-state index contributed by atoms with van der Waals surface area (Å²) in [6.45, 7) is 3.06. The number of likely N-dealkylation sites (N-methyl/N-ethyl adjacent to an activating group) is 1. The number of hydrogen-bond donors (Lipinski definition) is 0. The van der Waals surface area contributed by atoms with Gasteiger partial charge in [-0.3, -0.25) is 4.90 Å². The molecule has 0 spiro atoms. The topological polar surface area (TPSA) is 6.48 Å². The van der Waals surface area contributed by atoms with Crippen LogP contribution in [0, 0.1) is 5.82 Å². The van der Waals surface area contributed by atoms with Crippen LogP contribution in [0.2, 0.25) is 0 Å². The first-order valence-electron chi connectivity index (χ1n) is 6.81. The van der Waals surface area contributed by atoms with E-state index in [2.05, 4.69) is 23.9 Å². The van der Waals surface area contributed by atoms with Crippen molar-refractivity contribution >= 4 is 0 Å². The Morgan fingerprint density at radius 1 is 1.17 bits per heavy atom.